The quantitative estimate of drug-likeness (QED) is 0.857. The summed E-state index contributed by atoms with van der Waals surface area (Å²) in [5.74, 6) is 1.39. The van der Waals surface area contributed by atoms with Gasteiger partial charge in [0.1, 0.15) is 11.9 Å². The zero-order valence-electron chi connectivity index (χ0n) is 14.9. The van der Waals surface area contributed by atoms with Gasteiger partial charge in [0.15, 0.2) is 0 Å². The SMILES string of the molecule is Cc1cc(C)c(C#N)c(N2CCC(N(C)C(=O)C3CCC3)CC2)n1. The molecule has 0 radical (unpaired) electrons. The topological polar surface area (TPSA) is 60.2 Å². The number of hydrogen-bond acceptors (Lipinski definition) is 4. The number of hydrogen-bond donors (Lipinski definition) is 0. The number of nitriles is 1. The first-order valence-electron chi connectivity index (χ1n) is 8.91. The van der Waals surface area contributed by atoms with Gasteiger partial charge in [-0.15, -0.1) is 0 Å². The van der Waals surface area contributed by atoms with E-state index in [1.807, 2.05) is 31.9 Å². The van der Waals surface area contributed by atoms with Gasteiger partial charge in [-0.3, -0.25) is 4.79 Å². The van der Waals surface area contributed by atoms with Gasteiger partial charge in [0.05, 0.1) is 5.56 Å². The van der Waals surface area contributed by atoms with Crippen LogP contribution in [0.25, 0.3) is 0 Å². The Morgan fingerprint density at radius 1 is 1.29 bits per heavy atom. The largest absolute Gasteiger partial charge is 0.355 e. The molecule has 5 nitrogen and oxygen atoms in total. The van der Waals surface area contributed by atoms with E-state index in [-0.39, 0.29) is 5.92 Å². The first kappa shape index (κ1) is 16.8. The molecular weight excluding hydrogens is 300 g/mol. The minimum absolute atomic E-state index is 0.263. The van der Waals surface area contributed by atoms with Crippen molar-refractivity contribution in [2.24, 2.45) is 5.92 Å². The third-order valence-corrected chi connectivity index (χ3v) is 5.55. The van der Waals surface area contributed by atoms with E-state index >= 15 is 0 Å². The molecule has 1 amide bonds. The van der Waals surface area contributed by atoms with Crippen molar-refractivity contribution in [3.05, 3.63) is 22.9 Å². The first-order chi connectivity index (χ1) is 11.5. The molecule has 1 aliphatic carbocycles. The normalized spacial score (nSPS) is 18.8. The summed E-state index contributed by atoms with van der Waals surface area (Å²) in [7, 11) is 1.96. The van der Waals surface area contributed by atoms with Crippen LogP contribution in [-0.4, -0.2) is 42.0 Å². The molecule has 2 aliphatic rings. The summed E-state index contributed by atoms with van der Waals surface area (Å²) in [4.78, 5) is 21.2. The standard InChI is InChI=1S/C19H26N4O/c1-13-11-14(2)21-18(17(13)12-20)23-9-7-16(8-10-23)22(3)19(24)15-5-4-6-15/h11,15-16H,4-10H2,1-3H3. The van der Waals surface area contributed by atoms with Crippen molar-refractivity contribution in [3.63, 3.8) is 0 Å². The number of carbonyl (C=O) groups excluding carboxylic acids is 1. The van der Waals surface area contributed by atoms with Gasteiger partial charge in [0, 0.05) is 37.8 Å². The summed E-state index contributed by atoms with van der Waals surface area (Å²) in [5, 5.41) is 9.46. The lowest BCUT2D eigenvalue weighted by Crippen LogP contribution is -2.48. The van der Waals surface area contributed by atoms with Crippen LogP contribution in [0.2, 0.25) is 0 Å². The second-order valence-corrected chi connectivity index (χ2v) is 7.19. The Labute approximate surface area is 144 Å². The molecule has 1 saturated heterocycles. The van der Waals surface area contributed by atoms with E-state index in [9.17, 15) is 10.1 Å². The summed E-state index contributed by atoms with van der Waals surface area (Å²) >= 11 is 0. The number of rotatable bonds is 3. The molecule has 0 unspecified atom stereocenters. The molecule has 5 heteroatoms. The number of piperidine rings is 1. The average Bonchev–Trinajstić information content (AvgIpc) is 2.52. The van der Waals surface area contributed by atoms with Crippen molar-refractivity contribution in [2.45, 2.75) is 52.0 Å². The van der Waals surface area contributed by atoms with Gasteiger partial charge < -0.3 is 9.80 Å². The monoisotopic (exact) mass is 326 g/mol. The molecular formula is C19H26N4O. The first-order valence-corrected chi connectivity index (χ1v) is 8.91. The maximum atomic E-state index is 12.4. The van der Waals surface area contributed by atoms with Crippen molar-refractivity contribution in [2.75, 3.05) is 25.0 Å². The maximum absolute atomic E-state index is 12.4. The van der Waals surface area contributed by atoms with Gasteiger partial charge in [-0.1, -0.05) is 6.42 Å². The third kappa shape index (κ3) is 3.10. The van der Waals surface area contributed by atoms with E-state index in [2.05, 4.69) is 16.0 Å². The van der Waals surface area contributed by atoms with Gasteiger partial charge in [-0.25, -0.2) is 4.98 Å². The number of nitrogens with zero attached hydrogens (tertiary/aromatic N) is 4. The Morgan fingerprint density at radius 2 is 1.96 bits per heavy atom. The molecule has 0 spiro atoms. The van der Waals surface area contributed by atoms with Crippen molar-refractivity contribution < 1.29 is 4.79 Å². The molecule has 1 aromatic rings. The molecule has 2 fully saturated rings. The summed E-state index contributed by atoms with van der Waals surface area (Å²) in [6, 6.07) is 4.57. The summed E-state index contributed by atoms with van der Waals surface area (Å²) in [5.41, 5.74) is 2.61. The number of anilines is 1. The third-order valence-electron chi connectivity index (χ3n) is 5.55. The Hall–Kier alpha value is -2.09. The molecule has 24 heavy (non-hydrogen) atoms. The average molecular weight is 326 g/mol. The summed E-state index contributed by atoms with van der Waals surface area (Å²) in [6.45, 7) is 5.62. The number of aryl methyl sites for hydroxylation is 2. The van der Waals surface area contributed by atoms with Crippen LogP contribution in [0, 0.1) is 31.1 Å². The second-order valence-electron chi connectivity index (χ2n) is 7.19. The van der Waals surface area contributed by atoms with Gasteiger partial charge in [-0.05, 0) is 51.2 Å². The van der Waals surface area contributed by atoms with Crippen LogP contribution < -0.4 is 4.90 Å². The van der Waals surface area contributed by atoms with E-state index in [0.717, 1.165) is 55.8 Å². The lowest BCUT2D eigenvalue weighted by atomic mass is 9.84. The number of amides is 1. The fourth-order valence-electron chi connectivity index (χ4n) is 3.77. The minimum atomic E-state index is 0.263. The van der Waals surface area contributed by atoms with E-state index < -0.39 is 0 Å². The van der Waals surface area contributed by atoms with Crippen LogP contribution in [-0.2, 0) is 4.79 Å². The van der Waals surface area contributed by atoms with Crippen LogP contribution in [0.3, 0.4) is 0 Å². The van der Waals surface area contributed by atoms with E-state index in [1.165, 1.54) is 6.42 Å². The lowest BCUT2D eigenvalue weighted by Gasteiger charge is -2.40. The van der Waals surface area contributed by atoms with Gasteiger partial charge >= 0.3 is 0 Å². The highest BCUT2D eigenvalue weighted by molar-refractivity contribution is 5.79. The van der Waals surface area contributed by atoms with Crippen LogP contribution in [0.1, 0.15) is 48.9 Å². The molecule has 2 heterocycles. The zero-order chi connectivity index (χ0) is 17.3. The number of aromatic nitrogens is 1. The maximum Gasteiger partial charge on any atom is 0.225 e. The van der Waals surface area contributed by atoms with Crippen LogP contribution in [0.15, 0.2) is 6.07 Å². The Morgan fingerprint density at radius 3 is 2.50 bits per heavy atom. The van der Waals surface area contributed by atoms with Crippen molar-refractivity contribution >= 4 is 11.7 Å². The molecule has 3 rings (SSSR count). The smallest absolute Gasteiger partial charge is 0.225 e. The molecule has 128 valence electrons. The van der Waals surface area contributed by atoms with Gasteiger partial charge in [0.25, 0.3) is 0 Å². The van der Waals surface area contributed by atoms with Gasteiger partial charge in [0.2, 0.25) is 5.91 Å². The van der Waals surface area contributed by atoms with Gasteiger partial charge in [-0.2, -0.15) is 5.26 Å². The second kappa shape index (κ2) is 6.80. The lowest BCUT2D eigenvalue weighted by molar-refractivity contribution is -0.139. The van der Waals surface area contributed by atoms with Crippen LogP contribution in [0.4, 0.5) is 5.82 Å². The van der Waals surface area contributed by atoms with E-state index in [0.29, 0.717) is 17.5 Å². The molecule has 1 saturated carbocycles. The highest BCUT2D eigenvalue weighted by Crippen LogP contribution is 2.31. The summed E-state index contributed by atoms with van der Waals surface area (Å²) < 4.78 is 0. The van der Waals surface area contributed by atoms with Crippen LogP contribution >= 0.6 is 0 Å². The minimum Gasteiger partial charge on any atom is -0.355 e. The highest BCUT2D eigenvalue weighted by Gasteiger charge is 2.33. The number of pyridine rings is 1. The fourth-order valence-corrected chi connectivity index (χ4v) is 3.77. The molecule has 1 aromatic heterocycles. The van der Waals surface area contributed by atoms with Crippen LogP contribution in [0.5, 0.6) is 0 Å². The van der Waals surface area contributed by atoms with Crippen molar-refractivity contribution in [3.8, 4) is 6.07 Å². The molecule has 0 aromatic carbocycles. The molecule has 0 atom stereocenters. The molecule has 0 bridgehead atoms. The van der Waals surface area contributed by atoms with E-state index in [1.54, 1.807) is 0 Å². The summed E-state index contributed by atoms with van der Waals surface area (Å²) in [6.07, 6.45) is 5.18. The van der Waals surface area contributed by atoms with E-state index in [4.69, 9.17) is 0 Å². The van der Waals surface area contributed by atoms with Crippen molar-refractivity contribution in [1.82, 2.24) is 9.88 Å². The zero-order valence-corrected chi connectivity index (χ0v) is 14.9. The predicted octanol–water partition coefficient (Wildman–Crippen LogP) is 2.80. The molecule has 1 aliphatic heterocycles. The Balaban J connectivity index is 1.67. The molecule has 0 N–H and O–H groups in total. The number of carbonyl (C=O) groups is 1. The Kier molecular flexibility index (Phi) is 4.75. The van der Waals surface area contributed by atoms with Crippen molar-refractivity contribution in [1.29, 1.82) is 5.26 Å². The highest BCUT2D eigenvalue weighted by atomic mass is 16.2. The Bertz CT molecular complexity index is 667. The fraction of sp³-hybridized carbons (Fsp3) is 0.632. The predicted molar refractivity (Wildman–Crippen MR) is 93.8 cm³/mol.